The second kappa shape index (κ2) is 7.98. The Hall–Kier alpha value is -2.82. The number of nitrogens with one attached hydrogen (secondary N) is 1. The second-order valence-corrected chi connectivity index (χ2v) is 4.97. The van der Waals surface area contributed by atoms with Crippen molar-refractivity contribution < 1.29 is 0 Å². The Labute approximate surface area is 137 Å². The molecule has 23 heavy (non-hydrogen) atoms. The van der Waals surface area contributed by atoms with E-state index in [2.05, 4.69) is 4.99 Å². The van der Waals surface area contributed by atoms with E-state index in [9.17, 15) is 0 Å². The van der Waals surface area contributed by atoms with Gasteiger partial charge in [0.1, 0.15) is 0 Å². The molecule has 0 atom stereocenters. The number of benzene rings is 2. The molecule has 5 heteroatoms. The molecule has 0 heterocycles. The molecule has 0 aromatic heterocycles. The summed E-state index contributed by atoms with van der Waals surface area (Å²) >= 11 is 0. The lowest BCUT2D eigenvalue weighted by molar-refractivity contribution is 0.457. The van der Waals surface area contributed by atoms with Gasteiger partial charge in [0, 0.05) is 13.1 Å². The number of anilines is 1. The van der Waals surface area contributed by atoms with Gasteiger partial charge in [0.2, 0.25) is 11.9 Å². The molecule has 2 aromatic rings. The summed E-state index contributed by atoms with van der Waals surface area (Å²) < 4.78 is 0. The highest BCUT2D eigenvalue weighted by molar-refractivity contribution is 6.16. The van der Waals surface area contributed by atoms with Gasteiger partial charge in [-0.15, -0.1) is 0 Å². The zero-order chi connectivity index (χ0) is 16.7. The van der Waals surface area contributed by atoms with E-state index in [1.54, 1.807) is 4.90 Å². The number of nitrogens with two attached hydrogens (primary N) is 1. The van der Waals surface area contributed by atoms with Crippen LogP contribution in [0.15, 0.2) is 65.7 Å². The molecule has 0 aliphatic carbocycles. The number of hydrogen-bond donors (Lipinski definition) is 2. The fraction of sp³-hybridized carbons (Fsp3) is 0.222. The van der Waals surface area contributed by atoms with E-state index < -0.39 is 0 Å². The maximum absolute atomic E-state index is 8.53. The molecular formula is C18H23N5. The first kappa shape index (κ1) is 16.5. The Kier molecular flexibility index (Phi) is 5.74. The molecule has 0 saturated carbocycles. The molecule has 0 radical (unpaired) electrons. The van der Waals surface area contributed by atoms with Crippen LogP contribution in [0.1, 0.15) is 13.8 Å². The number of nitrogens with zero attached hydrogens (tertiary/aromatic N) is 3. The van der Waals surface area contributed by atoms with Gasteiger partial charge < -0.3 is 10.6 Å². The predicted molar refractivity (Wildman–Crippen MR) is 97.3 cm³/mol. The van der Waals surface area contributed by atoms with Crippen molar-refractivity contribution in [2.75, 3.05) is 18.0 Å². The third-order valence-electron chi connectivity index (χ3n) is 3.52. The van der Waals surface area contributed by atoms with E-state index >= 15 is 0 Å². The maximum Gasteiger partial charge on any atom is 0.208 e. The Balaban J connectivity index is 2.41. The first-order chi connectivity index (χ1) is 11.2. The first-order valence-corrected chi connectivity index (χ1v) is 7.75. The Morgan fingerprint density at radius 3 is 2.00 bits per heavy atom. The summed E-state index contributed by atoms with van der Waals surface area (Å²) in [5.41, 5.74) is 7.82. The smallest absolute Gasteiger partial charge is 0.208 e. The van der Waals surface area contributed by atoms with Crippen LogP contribution in [0.4, 0.5) is 11.4 Å². The summed E-state index contributed by atoms with van der Waals surface area (Å²) in [7, 11) is 0. The molecule has 0 bridgehead atoms. The van der Waals surface area contributed by atoms with Gasteiger partial charge in [0.05, 0.1) is 11.4 Å². The van der Waals surface area contributed by atoms with Gasteiger partial charge in [0.25, 0.3) is 0 Å². The zero-order valence-corrected chi connectivity index (χ0v) is 13.6. The molecule has 0 unspecified atom stereocenters. The molecule has 0 amide bonds. The van der Waals surface area contributed by atoms with Crippen molar-refractivity contribution in [3.63, 3.8) is 0 Å². The average Bonchev–Trinajstić information content (AvgIpc) is 2.58. The van der Waals surface area contributed by atoms with Gasteiger partial charge >= 0.3 is 0 Å². The molecular weight excluding hydrogens is 286 g/mol. The van der Waals surface area contributed by atoms with E-state index in [1.165, 1.54) is 0 Å². The number of rotatable bonds is 4. The molecule has 0 saturated heterocycles. The normalized spacial score (nSPS) is 11.1. The zero-order valence-electron chi connectivity index (χ0n) is 13.6. The van der Waals surface area contributed by atoms with Crippen LogP contribution in [0.3, 0.4) is 0 Å². The first-order valence-electron chi connectivity index (χ1n) is 7.75. The quantitative estimate of drug-likeness (QED) is 0.671. The highest BCUT2D eigenvalue weighted by Crippen LogP contribution is 2.17. The molecule has 0 spiro atoms. The summed E-state index contributed by atoms with van der Waals surface area (Å²) in [6, 6.07) is 19.2. The molecule has 0 fully saturated rings. The van der Waals surface area contributed by atoms with Gasteiger partial charge in [-0.3, -0.25) is 10.3 Å². The standard InChI is InChI=1S/C18H23N5/c1-3-22(4-2)18(20)23(16-13-9-6-10-14-16)17(19)21-15-11-7-5-8-12-15/h5-14,20H,3-4H2,1-2H3,(H2,19,21). The predicted octanol–water partition coefficient (Wildman–Crippen LogP) is 3.42. The Morgan fingerprint density at radius 1 is 0.957 bits per heavy atom. The average molecular weight is 309 g/mol. The SMILES string of the molecule is CCN(CC)C(=N)N(C(N)=Nc1ccccc1)c1ccccc1. The number of hydrogen-bond acceptors (Lipinski definition) is 2. The minimum Gasteiger partial charge on any atom is -0.369 e. The highest BCUT2D eigenvalue weighted by atomic mass is 15.4. The number of aliphatic imine (C=N–C) groups is 1. The molecule has 0 aliphatic rings. The molecule has 2 rings (SSSR count). The van der Waals surface area contributed by atoms with Crippen LogP contribution in [-0.2, 0) is 0 Å². The van der Waals surface area contributed by atoms with Crippen LogP contribution in [0, 0.1) is 5.41 Å². The Morgan fingerprint density at radius 2 is 1.48 bits per heavy atom. The third kappa shape index (κ3) is 4.10. The van der Waals surface area contributed by atoms with E-state index in [-0.39, 0.29) is 5.96 Å². The van der Waals surface area contributed by atoms with Crippen LogP contribution in [-0.4, -0.2) is 29.9 Å². The van der Waals surface area contributed by atoms with Crippen molar-refractivity contribution in [3.05, 3.63) is 60.7 Å². The van der Waals surface area contributed by atoms with Gasteiger partial charge in [-0.2, -0.15) is 0 Å². The minimum absolute atomic E-state index is 0.277. The van der Waals surface area contributed by atoms with E-state index in [1.807, 2.05) is 79.4 Å². The van der Waals surface area contributed by atoms with Gasteiger partial charge in [-0.25, -0.2) is 4.99 Å². The monoisotopic (exact) mass is 309 g/mol. The van der Waals surface area contributed by atoms with Crippen LogP contribution in [0.2, 0.25) is 0 Å². The van der Waals surface area contributed by atoms with Crippen LogP contribution in [0.25, 0.3) is 0 Å². The molecule has 120 valence electrons. The summed E-state index contributed by atoms with van der Waals surface area (Å²) in [5.74, 6) is 0.595. The van der Waals surface area contributed by atoms with Gasteiger partial charge in [-0.1, -0.05) is 36.4 Å². The molecule has 5 nitrogen and oxygen atoms in total. The van der Waals surface area contributed by atoms with Crippen molar-refractivity contribution in [3.8, 4) is 0 Å². The molecule has 2 aromatic carbocycles. The lowest BCUT2D eigenvalue weighted by Crippen LogP contribution is -2.50. The fourth-order valence-corrected chi connectivity index (χ4v) is 2.29. The van der Waals surface area contributed by atoms with Crippen molar-refractivity contribution >= 4 is 23.3 Å². The number of guanidine groups is 2. The van der Waals surface area contributed by atoms with Crippen molar-refractivity contribution in [2.24, 2.45) is 10.7 Å². The van der Waals surface area contributed by atoms with Crippen LogP contribution in [0.5, 0.6) is 0 Å². The van der Waals surface area contributed by atoms with E-state index in [4.69, 9.17) is 11.1 Å². The lowest BCUT2D eigenvalue weighted by Gasteiger charge is -2.31. The number of para-hydroxylation sites is 2. The van der Waals surface area contributed by atoms with Crippen molar-refractivity contribution in [1.29, 1.82) is 5.41 Å². The third-order valence-corrected chi connectivity index (χ3v) is 3.52. The van der Waals surface area contributed by atoms with Crippen molar-refractivity contribution in [1.82, 2.24) is 4.90 Å². The summed E-state index contributed by atoms with van der Waals surface area (Å²) in [5, 5.41) is 8.53. The van der Waals surface area contributed by atoms with Crippen molar-refractivity contribution in [2.45, 2.75) is 13.8 Å². The summed E-state index contributed by atoms with van der Waals surface area (Å²) in [6.45, 7) is 5.51. The van der Waals surface area contributed by atoms with E-state index in [0.29, 0.717) is 5.96 Å². The summed E-state index contributed by atoms with van der Waals surface area (Å²) in [4.78, 5) is 8.06. The topological polar surface area (TPSA) is 68.7 Å². The highest BCUT2D eigenvalue weighted by Gasteiger charge is 2.20. The van der Waals surface area contributed by atoms with Gasteiger partial charge in [0.15, 0.2) is 0 Å². The summed E-state index contributed by atoms with van der Waals surface area (Å²) in [6.07, 6.45) is 0. The van der Waals surface area contributed by atoms with Crippen LogP contribution < -0.4 is 10.6 Å². The van der Waals surface area contributed by atoms with Gasteiger partial charge in [-0.05, 0) is 38.1 Å². The largest absolute Gasteiger partial charge is 0.369 e. The second-order valence-electron chi connectivity index (χ2n) is 4.97. The fourth-order valence-electron chi connectivity index (χ4n) is 2.29. The Bertz CT molecular complexity index is 648. The maximum atomic E-state index is 8.53. The van der Waals surface area contributed by atoms with Crippen LogP contribution >= 0.6 is 0 Å². The van der Waals surface area contributed by atoms with E-state index in [0.717, 1.165) is 24.5 Å². The minimum atomic E-state index is 0.277. The molecule has 3 N–H and O–H groups in total. The molecule has 0 aliphatic heterocycles. The lowest BCUT2D eigenvalue weighted by atomic mass is 10.3.